The number of hydrogen-bond acceptors (Lipinski definition) is 1. The first kappa shape index (κ1) is 12.9. The molecule has 2 aromatic carbocycles. The number of H-pyrrole nitrogens is 1. The number of aryl methyl sites for hydroxylation is 1. The van der Waals surface area contributed by atoms with Gasteiger partial charge in [-0.25, -0.2) is 0 Å². The lowest BCUT2D eigenvalue weighted by Crippen LogP contribution is -1.95. The van der Waals surface area contributed by atoms with Gasteiger partial charge in [-0.2, -0.15) is 0 Å². The van der Waals surface area contributed by atoms with Gasteiger partial charge in [-0.1, -0.05) is 17.7 Å². The van der Waals surface area contributed by atoms with Gasteiger partial charge in [0.05, 0.1) is 16.7 Å². The van der Waals surface area contributed by atoms with Crippen molar-refractivity contribution in [3.8, 4) is 5.69 Å². The molecule has 1 aromatic heterocycles. The van der Waals surface area contributed by atoms with Crippen molar-refractivity contribution in [2.75, 3.05) is 0 Å². The Kier molecular flexibility index (Phi) is 3.25. The summed E-state index contributed by atoms with van der Waals surface area (Å²) in [7, 11) is 0. The minimum absolute atomic E-state index is 0.656. The number of imidazole rings is 1. The minimum atomic E-state index is 0.656. The van der Waals surface area contributed by atoms with Gasteiger partial charge in [0.2, 0.25) is 0 Å². The number of hydrogen-bond donors (Lipinski definition) is 1. The van der Waals surface area contributed by atoms with Gasteiger partial charge in [0.1, 0.15) is 0 Å². The van der Waals surface area contributed by atoms with Crippen molar-refractivity contribution in [1.82, 2.24) is 9.55 Å². The maximum absolute atomic E-state index is 6.09. The minimum Gasteiger partial charge on any atom is -0.330 e. The molecule has 0 amide bonds. The monoisotopic (exact) mass is 352 g/mol. The van der Waals surface area contributed by atoms with Crippen LogP contribution in [-0.2, 0) is 0 Å². The van der Waals surface area contributed by atoms with Gasteiger partial charge in [-0.3, -0.25) is 4.57 Å². The molecule has 2 nitrogen and oxygen atoms in total. The number of fused-ring (bicyclic) bond motifs is 1. The zero-order valence-corrected chi connectivity index (χ0v) is 13.2. The third kappa shape index (κ3) is 2.24. The van der Waals surface area contributed by atoms with Gasteiger partial charge in [-0.15, -0.1) is 0 Å². The van der Waals surface area contributed by atoms with Gasteiger partial charge < -0.3 is 4.98 Å². The second-order valence-electron chi connectivity index (χ2n) is 4.38. The summed E-state index contributed by atoms with van der Waals surface area (Å²) < 4.78 is 3.60. The molecule has 0 saturated heterocycles. The summed E-state index contributed by atoms with van der Waals surface area (Å²) in [4.78, 5) is 3.21. The molecule has 3 rings (SSSR count). The second-order valence-corrected chi connectivity index (χ2v) is 6.06. The fourth-order valence-electron chi connectivity index (χ4n) is 2.11. The molecule has 5 heteroatoms. The Balaban J connectivity index is 2.42. The molecule has 0 aliphatic carbocycles. The van der Waals surface area contributed by atoms with Crippen LogP contribution in [0.5, 0.6) is 0 Å². The molecular formula is C14H10BrClN2S. The van der Waals surface area contributed by atoms with Crippen molar-refractivity contribution in [1.29, 1.82) is 0 Å². The molecular weight excluding hydrogens is 344 g/mol. The van der Waals surface area contributed by atoms with Crippen LogP contribution in [0, 0.1) is 11.7 Å². The average molecular weight is 354 g/mol. The van der Waals surface area contributed by atoms with E-state index in [1.165, 1.54) is 5.56 Å². The summed E-state index contributed by atoms with van der Waals surface area (Å²) in [5, 5.41) is 0.683. The molecule has 19 heavy (non-hydrogen) atoms. The van der Waals surface area contributed by atoms with E-state index in [1.54, 1.807) is 0 Å². The van der Waals surface area contributed by atoms with Crippen LogP contribution in [0.2, 0.25) is 5.02 Å². The molecule has 0 radical (unpaired) electrons. The molecule has 0 bridgehead atoms. The van der Waals surface area contributed by atoms with Crippen LogP contribution in [0.4, 0.5) is 0 Å². The SMILES string of the molecule is Cc1ccc2[nH]c(=S)n(-c3cc(Cl)ccc3Br)c2c1. The zero-order valence-electron chi connectivity index (χ0n) is 10.1. The Morgan fingerprint density at radius 2 is 2.00 bits per heavy atom. The van der Waals surface area contributed by atoms with Gasteiger partial charge >= 0.3 is 0 Å². The molecule has 0 atom stereocenters. The van der Waals surface area contributed by atoms with Gasteiger partial charge in [0, 0.05) is 9.50 Å². The quantitative estimate of drug-likeness (QED) is 0.580. The summed E-state index contributed by atoms with van der Waals surface area (Å²) in [6.45, 7) is 2.06. The van der Waals surface area contributed by atoms with Crippen molar-refractivity contribution in [3.63, 3.8) is 0 Å². The largest absolute Gasteiger partial charge is 0.330 e. The fraction of sp³-hybridized carbons (Fsp3) is 0.0714. The lowest BCUT2D eigenvalue weighted by atomic mass is 10.2. The van der Waals surface area contributed by atoms with Crippen LogP contribution >= 0.6 is 39.7 Å². The number of rotatable bonds is 1. The third-order valence-corrected chi connectivity index (χ3v) is 4.18. The topological polar surface area (TPSA) is 20.7 Å². The summed E-state index contributed by atoms with van der Waals surface area (Å²) >= 11 is 15.1. The predicted octanol–water partition coefficient (Wildman–Crippen LogP) is 5.41. The van der Waals surface area contributed by atoms with E-state index in [9.17, 15) is 0 Å². The molecule has 0 unspecified atom stereocenters. The van der Waals surface area contributed by atoms with Crippen molar-refractivity contribution in [2.24, 2.45) is 0 Å². The number of aromatic nitrogens is 2. The van der Waals surface area contributed by atoms with Gasteiger partial charge in [-0.05, 0) is 71.0 Å². The van der Waals surface area contributed by atoms with E-state index in [0.29, 0.717) is 9.79 Å². The van der Waals surface area contributed by atoms with E-state index >= 15 is 0 Å². The second kappa shape index (κ2) is 4.78. The van der Waals surface area contributed by atoms with E-state index in [4.69, 9.17) is 23.8 Å². The van der Waals surface area contributed by atoms with Crippen LogP contribution in [0.3, 0.4) is 0 Å². The lowest BCUT2D eigenvalue weighted by molar-refractivity contribution is 1.06. The smallest absolute Gasteiger partial charge is 0.182 e. The number of aromatic amines is 1. The van der Waals surface area contributed by atoms with E-state index in [0.717, 1.165) is 21.2 Å². The zero-order chi connectivity index (χ0) is 13.6. The van der Waals surface area contributed by atoms with E-state index in [2.05, 4.69) is 40.0 Å². The number of nitrogens with one attached hydrogen (secondary N) is 1. The Morgan fingerprint density at radius 1 is 1.21 bits per heavy atom. The van der Waals surface area contributed by atoms with Crippen molar-refractivity contribution >= 4 is 50.8 Å². The lowest BCUT2D eigenvalue weighted by Gasteiger charge is -2.08. The van der Waals surface area contributed by atoms with Crippen LogP contribution in [-0.4, -0.2) is 9.55 Å². The molecule has 1 N–H and O–H groups in total. The highest BCUT2D eigenvalue weighted by Crippen LogP contribution is 2.28. The summed E-state index contributed by atoms with van der Waals surface area (Å²) in [6.07, 6.45) is 0. The standard InChI is InChI=1S/C14H10BrClN2S/c1-8-2-5-11-13(6-8)18(14(19)17-11)12-7-9(16)3-4-10(12)15/h2-7H,1H3,(H,17,19). The molecule has 0 fully saturated rings. The Morgan fingerprint density at radius 3 is 2.79 bits per heavy atom. The van der Waals surface area contributed by atoms with E-state index < -0.39 is 0 Å². The van der Waals surface area contributed by atoms with E-state index in [1.807, 2.05) is 28.8 Å². The fourth-order valence-corrected chi connectivity index (χ4v) is 3.01. The molecule has 0 saturated carbocycles. The third-order valence-electron chi connectivity index (χ3n) is 2.99. The molecule has 3 aromatic rings. The first-order chi connectivity index (χ1) is 9.06. The highest BCUT2D eigenvalue weighted by molar-refractivity contribution is 9.10. The summed E-state index contributed by atoms with van der Waals surface area (Å²) in [5.74, 6) is 0. The van der Waals surface area contributed by atoms with Crippen LogP contribution in [0.25, 0.3) is 16.7 Å². The number of benzene rings is 2. The van der Waals surface area contributed by atoms with Gasteiger partial charge in [0.25, 0.3) is 0 Å². The molecule has 1 heterocycles. The number of halogens is 2. The first-order valence-electron chi connectivity index (χ1n) is 5.73. The Hall–Kier alpha value is -1.10. The normalized spacial score (nSPS) is 11.1. The van der Waals surface area contributed by atoms with Crippen molar-refractivity contribution in [3.05, 3.63) is 56.2 Å². The maximum atomic E-state index is 6.09. The Labute approximate surface area is 129 Å². The van der Waals surface area contributed by atoms with Crippen molar-refractivity contribution in [2.45, 2.75) is 6.92 Å². The molecule has 0 spiro atoms. The molecule has 0 aliphatic rings. The van der Waals surface area contributed by atoms with Gasteiger partial charge in [0.15, 0.2) is 4.77 Å². The highest BCUT2D eigenvalue weighted by Gasteiger charge is 2.10. The van der Waals surface area contributed by atoms with Crippen LogP contribution < -0.4 is 0 Å². The van der Waals surface area contributed by atoms with Crippen LogP contribution in [0.15, 0.2) is 40.9 Å². The molecule has 0 aliphatic heterocycles. The number of nitrogens with zero attached hydrogens (tertiary/aromatic N) is 1. The van der Waals surface area contributed by atoms with Crippen molar-refractivity contribution < 1.29 is 0 Å². The van der Waals surface area contributed by atoms with E-state index in [-0.39, 0.29) is 0 Å². The van der Waals surface area contributed by atoms with Crippen LogP contribution in [0.1, 0.15) is 5.56 Å². The molecule has 96 valence electrons. The highest BCUT2D eigenvalue weighted by atomic mass is 79.9. The summed E-state index contributed by atoms with van der Waals surface area (Å²) in [6, 6.07) is 11.9. The maximum Gasteiger partial charge on any atom is 0.182 e. The Bertz CT molecular complexity index is 835. The first-order valence-corrected chi connectivity index (χ1v) is 7.31. The predicted molar refractivity (Wildman–Crippen MR) is 85.9 cm³/mol. The summed E-state index contributed by atoms with van der Waals surface area (Å²) in [5.41, 5.74) is 4.19. The average Bonchev–Trinajstić information content (AvgIpc) is 2.68.